The summed E-state index contributed by atoms with van der Waals surface area (Å²) in [4.78, 5) is 23.9. The fraction of sp³-hybridized carbons (Fsp3) is 0.500. The van der Waals surface area contributed by atoms with Crippen LogP contribution in [0.2, 0.25) is 5.02 Å². The smallest absolute Gasteiger partial charge is 0.340 e. The van der Waals surface area contributed by atoms with Crippen LogP contribution < -0.4 is 5.32 Å². The minimum Gasteiger partial charge on any atom is -0.449 e. The van der Waals surface area contributed by atoms with Gasteiger partial charge in [0.1, 0.15) is 0 Å². The molecule has 10 heteroatoms. The van der Waals surface area contributed by atoms with Crippen molar-refractivity contribution in [2.45, 2.75) is 24.8 Å². The highest BCUT2D eigenvalue weighted by Gasteiger charge is 2.28. The summed E-state index contributed by atoms with van der Waals surface area (Å²) in [5.41, 5.74) is -0.114. The highest BCUT2D eigenvalue weighted by atomic mass is 35.5. The minimum atomic E-state index is -3.78. The van der Waals surface area contributed by atoms with Crippen LogP contribution in [0.1, 0.15) is 24.2 Å². The number of carbonyl (C=O) groups excluding carboxylic acids is 2. The van der Waals surface area contributed by atoms with Crippen LogP contribution in [0.5, 0.6) is 0 Å². The summed E-state index contributed by atoms with van der Waals surface area (Å²) >= 11 is 6.02. The lowest BCUT2D eigenvalue weighted by Gasteiger charge is -2.26. The van der Waals surface area contributed by atoms with E-state index in [0.717, 1.165) is 0 Å². The van der Waals surface area contributed by atoms with E-state index in [1.165, 1.54) is 29.4 Å². The second-order valence-corrected chi connectivity index (χ2v) is 7.95. The van der Waals surface area contributed by atoms with Gasteiger partial charge in [0.05, 0.1) is 28.7 Å². The summed E-state index contributed by atoms with van der Waals surface area (Å²) in [5, 5.41) is 2.57. The molecular formula is C16H21ClN2O6S. The van der Waals surface area contributed by atoms with Crippen LogP contribution in [-0.4, -0.2) is 63.6 Å². The number of hydrogen-bond donors (Lipinski definition) is 1. The number of esters is 1. The number of morpholine rings is 1. The molecule has 1 atom stereocenters. The van der Waals surface area contributed by atoms with Crippen molar-refractivity contribution < 1.29 is 27.5 Å². The molecule has 1 N–H and O–H groups in total. The van der Waals surface area contributed by atoms with E-state index in [1.54, 1.807) is 6.92 Å². The molecule has 0 bridgehead atoms. The van der Waals surface area contributed by atoms with Gasteiger partial charge in [0.25, 0.3) is 5.91 Å². The lowest BCUT2D eigenvalue weighted by Crippen LogP contribution is -2.40. The Labute approximate surface area is 157 Å². The molecule has 1 amide bonds. The molecule has 0 unspecified atom stereocenters. The molecule has 1 saturated heterocycles. The fourth-order valence-electron chi connectivity index (χ4n) is 2.35. The van der Waals surface area contributed by atoms with Gasteiger partial charge in [-0.3, -0.25) is 4.79 Å². The number of nitrogens with one attached hydrogen (secondary N) is 1. The van der Waals surface area contributed by atoms with E-state index in [9.17, 15) is 18.0 Å². The third-order valence-corrected chi connectivity index (χ3v) is 5.99. The first kappa shape index (κ1) is 20.6. The quantitative estimate of drug-likeness (QED) is 0.711. The number of carbonyl (C=O) groups is 2. The Morgan fingerprint density at radius 2 is 2.00 bits per heavy atom. The normalized spacial score (nSPS) is 16.7. The zero-order chi connectivity index (χ0) is 19.3. The highest BCUT2D eigenvalue weighted by Crippen LogP contribution is 2.24. The van der Waals surface area contributed by atoms with Crippen LogP contribution in [0.25, 0.3) is 0 Å². The van der Waals surface area contributed by atoms with Crippen molar-refractivity contribution in [1.82, 2.24) is 9.62 Å². The number of rotatable bonds is 6. The van der Waals surface area contributed by atoms with Crippen molar-refractivity contribution in [2.24, 2.45) is 0 Å². The summed E-state index contributed by atoms with van der Waals surface area (Å²) in [6.45, 7) is 4.65. The molecule has 1 aromatic rings. The van der Waals surface area contributed by atoms with Crippen LogP contribution >= 0.6 is 11.6 Å². The number of amides is 1. The highest BCUT2D eigenvalue weighted by molar-refractivity contribution is 7.89. The summed E-state index contributed by atoms with van der Waals surface area (Å²) in [6.07, 6.45) is -1.03. The third kappa shape index (κ3) is 4.73. The Balaban J connectivity index is 2.23. The molecule has 2 rings (SSSR count). The number of nitrogens with zero attached hydrogens (tertiary/aromatic N) is 1. The first-order valence-electron chi connectivity index (χ1n) is 8.13. The van der Waals surface area contributed by atoms with Crippen molar-refractivity contribution in [3.05, 3.63) is 28.8 Å². The Morgan fingerprint density at radius 1 is 1.35 bits per heavy atom. The van der Waals surface area contributed by atoms with Gasteiger partial charge in [-0.1, -0.05) is 11.6 Å². The number of benzene rings is 1. The third-order valence-electron chi connectivity index (χ3n) is 3.77. The second-order valence-electron chi connectivity index (χ2n) is 5.60. The molecule has 144 valence electrons. The lowest BCUT2D eigenvalue weighted by molar-refractivity contribution is -0.128. The molecule has 1 fully saturated rings. The van der Waals surface area contributed by atoms with E-state index in [-0.39, 0.29) is 28.6 Å². The zero-order valence-electron chi connectivity index (χ0n) is 14.5. The van der Waals surface area contributed by atoms with Crippen molar-refractivity contribution >= 4 is 33.5 Å². The van der Waals surface area contributed by atoms with Crippen molar-refractivity contribution in [3.8, 4) is 0 Å². The van der Waals surface area contributed by atoms with E-state index in [1.807, 2.05) is 0 Å². The Bertz CT molecular complexity index is 777. The SMILES string of the molecule is CCNC(=O)[C@H](C)OC(=O)c1cc(S(=O)(=O)N2CCOCC2)ccc1Cl. The molecule has 1 heterocycles. The standard InChI is InChI=1S/C16H21ClN2O6S/c1-3-18-15(20)11(2)25-16(21)13-10-12(4-5-14(13)17)26(22,23)19-6-8-24-9-7-19/h4-5,10-11H,3,6-9H2,1-2H3,(H,18,20)/t11-/m0/s1. The second kappa shape index (κ2) is 8.81. The summed E-state index contributed by atoms with van der Waals surface area (Å²) in [7, 11) is -3.78. The molecule has 0 radical (unpaired) electrons. The van der Waals surface area contributed by atoms with Gasteiger partial charge in [-0.2, -0.15) is 4.31 Å². The van der Waals surface area contributed by atoms with Gasteiger partial charge in [0.2, 0.25) is 10.0 Å². The van der Waals surface area contributed by atoms with Crippen LogP contribution in [-0.2, 0) is 24.3 Å². The molecular weight excluding hydrogens is 384 g/mol. The van der Waals surface area contributed by atoms with Gasteiger partial charge in [-0.25, -0.2) is 13.2 Å². The molecule has 1 aromatic carbocycles. The van der Waals surface area contributed by atoms with Crippen LogP contribution in [0.3, 0.4) is 0 Å². The Morgan fingerprint density at radius 3 is 2.62 bits per heavy atom. The summed E-state index contributed by atoms with van der Waals surface area (Å²) in [5.74, 6) is -1.32. The van der Waals surface area contributed by atoms with Crippen molar-refractivity contribution in [1.29, 1.82) is 0 Å². The van der Waals surface area contributed by atoms with E-state index in [4.69, 9.17) is 21.1 Å². The van der Waals surface area contributed by atoms with E-state index >= 15 is 0 Å². The molecule has 26 heavy (non-hydrogen) atoms. The number of halogens is 1. The van der Waals surface area contributed by atoms with Crippen LogP contribution in [0.4, 0.5) is 0 Å². The van der Waals surface area contributed by atoms with Crippen LogP contribution in [0.15, 0.2) is 23.1 Å². The maximum absolute atomic E-state index is 12.7. The van der Waals surface area contributed by atoms with E-state index in [0.29, 0.717) is 19.8 Å². The summed E-state index contributed by atoms with van der Waals surface area (Å²) in [6, 6.07) is 3.82. The molecule has 0 saturated carbocycles. The first-order chi connectivity index (χ1) is 12.3. The molecule has 1 aliphatic heterocycles. The summed E-state index contributed by atoms with van der Waals surface area (Å²) < 4.78 is 36.9. The number of sulfonamides is 1. The topological polar surface area (TPSA) is 102 Å². The maximum Gasteiger partial charge on any atom is 0.340 e. The van der Waals surface area contributed by atoms with Gasteiger partial charge < -0.3 is 14.8 Å². The lowest BCUT2D eigenvalue weighted by atomic mass is 10.2. The Hall–Kier alpha value is -1.68. The molecule has 0 aromatic heterocycles. The van der Waals surface area contributed by atoms with Gasteiger partial charge in [0, 0.05) is 19.6 Å². The van der Waals surface area contributed by atoms with E-state index < -0.39 is 28.0 Å². The minimum absolute atomic E-state index is 0.0408. The largest absolute Gasteiger partial charge is 0.449 e. The molecule has 0 aliphatic carbocycles. The molecule has 8 nitrogen and oxygen atoms in total. The average molecular weight is 405 g/mol. The van der Waals surface area contributed by atoms with Gasteiger partial charge in [0.15, 0.2) is 6.10 Å². The molecule has 0 spiro atoms. The zero-order valence-corrected chi connectivity index (χ0v) is 16.1. The van der Waals surface area contributed by atoms with Gasteiger partial charge >= 0.3 is 5.97 Å². The monoisotopic (exact) mass is 404 g/mol. The average Bonchev–Trinajstić information content (AvgIpc) is 2.62. The predicted molar refractivity (Wildman–Crippen MR) is 94.6 cm³/mol. The maximum atomic E-state index is 12.7. The first-order valence-corrected chi connectivity index (χ1v) is 9.95. The number of hydrogen-bond acceptors (Lipinski definition) is 6. The van der Waals surface area contributed by atoms with E-state index in [2.05, 4.69) is 5.32 Å². The Kier molecular flexibility index (Phi) is 6.99. The fourth-order valence-corrected chi connectivity index (χ4v) is 3.98. The van der Waals surface area contributed by atoms with Gasteiger partial charge in [-0.15, -0.1) is 0 Å². The van der Waals surface area contributed by atoms with Crippen molar-refractivity contribution in [2.75, 3.05) is 32.8 Å². The van der Waals surface area contributed by atoms with Gasteiger partial charge in [-0.05, 0) is 32.0 Å². The van der Waals surface area contributed by atoms with Crippen molar-refractivity contribution in [3.63, 3.8) is 0 Å². The number of ether oxygens (including phenoxy) is 2. The number of likely N-dealkylation sites (N-methyl/N-ethyl adjacent to an activating group) is 1. The molecule has 1 aliphatic rings. The van der Waals surface area contributed by atoms with Crippen LogP contribution in [0, 0.1) is 0 Å². The predicted octanol–water partition coefficient (Wildman–Crippen LogP) is 1.04.